The molecule has 0 bridgehead atoms. The topological polar surface area (TPSA) is 81.4 Å². The van der Waals surface area contributed by atoms with Gasteiger partial charge in [0.1, 0.15) is 11.6 Å². The Kier molecular flexibility index (Phi) is 6.23. The fourth-order valence-corrected chi connectivity index (χ4v) is 4.43. The van der Waals surface area contributed by atoms with Gasteiger partial charge in [-0.1, -0.05) is 30.3 Å². The van der Waals surface area contributed by atoms with Crippen LogP contribution in [0.15, 0.2) is 93.2 Å². The van der Waals surface area contributed by atoms with Gasteiger partial charge in [-0.05, 0) is 60.5 Å². The molecule has 8 heteroatoms. The quantitative estimate of drug-likeness (QED) is 0.380. The Morgan fingerprint density at radius 3 is 2.31 bits per heavy atom. The maximum Gasteiger partial charge on any atom is 0.233 e. The number of rotatable bonds is 8. The number of benzene rings is 3. The van der Waals surface area contributed by atoms with Crippen LogP contribution >= 0.6 is 0 Å². The van der Waals surface area contributed by atoms with Crippen molar-refractivity contribution in [2.45, 2.75) is 16.3 Å². The molecule has 4 aromatic rings. The Morgan fingerprint density at radius 1 is 0.969 bits per heavy atom. The SMILES string of the molecule is COc1ccc(-c2nc(S(=O)(=O)c3ccc(F)cc3)c(NCCc3ccccc3)o2)cc1. The van der Waals surface area contributed by atoms with E-state index in [1.54, 1.807) is 31.4 Å². The average Bonchev–Trinajstić information content (AvgIpc) is 3.25. The van der Waals surface area contributed by atoms with Crippen LogP contribution in [-0.2, 0) is 16.3 Å². The van der Waals surface area contributed by atoms with Crippen LogP contribution in [0.25, 0.3) is 11.5 Å². The summed E-state index contributed by atoms with van der Waals surface area (Å²) in [6.07, 6.45) is 0.662. The third-order valence-corrected chi connectivity index (χ3v) is 6.53. The number of oxazole rings is 1. The lowest BCUT2D eigenvalue weighted by molar-refractivity contribution is 0.415. The second-order valence-electron chi connectivity index (χ2n) is 7.00. The van der Waals surface area contributed by atoms with Crippen LogP contribution < -0.4 is 10.1 Å². The van der Waals surface area contributed by atoms with E-state index in [4.69, 9.17) is 9.15 Å². The number of hydrogen-bond acceptors (Lipinski definition) is 6. The van der Waals surface area contributed by atoms with Gasteiger partial charge in [-0.2, -0.15) is 4.98 Å². The number of halogens is 1. The number of sulfone groups is 1. The second kappa shape index (κ2) is 9.23. The van der Waals surface area contributed by atoms with Gasteiger partial charge in [-0.25, -0.2) is 12.8 Å². The average molecular weight is 453 g/mol. The van der Waals surface area contributed by atoms with Crippen LogP contribution in [0.3, 0.4) is 0 Å². The largest absolute Gasteiger partial charge is 0.497 e. The zero-order valence-corrected chi connectivity index (χ0v) is 18.1. The van der Waals surface area contributed by atoms with E-state index in [1.165, 1.54) is 12.1 Å². The van der Waals surface area contributed by atoms with Gasteiger partial charge in [0, 0.05) is 12.1 Å². The molecule has 0 spiro atoms. The summed E-state index contributed by atoms with van der Waals surface area (Å²) in [5.41, 5.74) is 1.69. The lowest BCUT2D eigenvalue weighted by atomic mass is 10.1. The summed E-state index contributed by atoms with van der Waals surface area (Å²) in [4.78, 5) is 4.21. The van der Waals surface area contributed by atoms with Crippen LogP contribution in [0.2, 0.25) is 0 Å². The number of ether oxygens (including phenoxy) is 1. The molecule has 1 aromatic heterocycles. The van der Waals surface area contributed by atoms with Crippen molar-refractivity contribution in [3.8, 4) is 17.2 Å². The molecule has 32 heavy (non-hydrogen) atoms. The molecule has 1 N–H and O–H groups in total. The minimum atomic E-state index is -4.04. The minimum absolute atomic E-state index is 0.0380. The van der Waals surface area contributed by atoms with Gasteiger partial charge in [-0.15, -0.1) is 0 Å². The van der Waals surface area contributed by atoms with Gasteiger partial charge >= 0.3 is 0 Å². The Labute approximate surface area is 185 Å². The van der Waals surface area contributed by atoms with Crippen molar-refractivity contribution in [1.82, 2.24) is 4.98 Å². The molecule has 0 radical (unpaired) electrons. The van der Waals surface area contributed by atoms with E-state index in [9.17, 15) is 12.8 Å². The van der Waals surface area contributed by atoms with Gasteiger partial charge < -0.3 is 14.5 Å². The normalized spacial score (nSPS) is 11.3. The van der Waals surface area contributed by atoms with Crippen LogP contribution in [0.4, 0.5) is 10.3 Å². The molecule has 0 aliphatic carbocycles. The Morgan fingerprint density at radius 2 is 1.66 bits per heavy atom. The number of aromatic nitrogens is 1. The van der Waals surface area contributed by atoms with Crippen LogP contribution in [0.5, 0.6) is 5.75 Å². The summed E-state index contributed by atoms with van der Waals surface area (Å²) >= 11 is 0. The fraction of sp³-hybridized carbons (Fsp3) is 0.125. The van der Waals surface area contributed by atoms with E-state index in [0.717, 1.165) is 17.7 Å². The van der Waals surface area contributed by atoms with E-state index in [0.29, 0.717) is 24.3 Å². The number of anilines is 1. The predicted octanol–water partition coefficient (Wildman–Crippen LogP) is 4.98. The summed E-state index contributed by atoms with van der Waals surface area (Å²) in [6.45, 7) is 0.438. The van der Waals surface area contributed by atoms with E-state index in [-0.39, 0.29) is 21.7 Å². The Balaban J connectivity index is 1.68. The van der Waals surface area contributed by atoms with Crippen LogP contribution in [-0.4, -0.2) is 27.1 Å². The van der Waals surface area contributed by atoms with Gasteiger partial charge in [0.05, 0.1) is 12.0 Å². The molecule has 1 heterocycles. The van der Waals surface area contributed by atoms with Gasteiger partial charge in [-0.3, -0.25) is 0 Å². The molecule has 4 rings (SSSR count). The molecule has 3 aromatic carbocycles. The third kappa shape index (κ3) is 4.65. The summed E-state index contributed by atoms with van der Waals surface area (Å²) < 4.78 is 50.8. The molecule has 0 saturated carbocycles. The number of hydrogen-bond donors (Lipinski definition) is 1. The van der Waals surface area contributed by atoms with E-state index in [2.05, 4.69) is 10.3 Å². The minimum Gasteiger partial charge on any atom is -0.497 e. The molecule has 0 unspecified atom stereocenters. The smallest absolute Gasteiger partial charge is 0.233 e. The van der Waals surface area contributed by atoms with Crippen molar-refractivity contribution in [2.75, 3.05) is 19.0 Å². The van der Waals surface area contributed by atoms with Crippen molar-refractivity contribution >= 4 is 15.7 Å². The lowest BCUT2D eigenvalue weighted by Crippen LogP contribution is -2.09. The third-order valence-electron chi connectivity index (χ3n) is 4.85. The van der Waals surface area contributed by atoms with Crippen LogP contribution in [0.1, 0.15) is 5.56 Å². The van der Waals surface area contributed by atoms with E-state index in [1.807, 2.05) is 30.3 Å². The van der Waals surface area contributed by atoms with Crippen molar-refractivity contribution in [1.29, 1.82) is 0 Å². The maximum atomic E-state index is 13.3. The molecule has 0 saturated heterocycles. The van der Waals surface area contributed by atoms with E-state index >= 15 is 0 Å². The molecule has 0 atom stereocenters. The summed E-state index contributed by atoms with van der Waals surface area (Å²) in [5.74, 6) is 0.316. The molecule has 0 fully saturated rings. The second-order valence-corrected chi connectivity index (χ2v) is 8.87. The van der Waals surface area contributed by atoms with Crippen LogP contribution in [0, 0.1) is 5.82 Å². The highest BCUT2D eigenvalue weighted by atomic mass is 32.2. The first-order valence-electron chi connectivity index (χ1n) is 9.91. The Hall–Kier alpha value is -3.65. The first-order chi connectivity index (χ1) is 15.5. The zero-order chi connectivity index (χ0) is 22.6. The van der Waals surface area contributed by atoms with E-state index < -0.39 is 15.7 Å². The molecular weight excluding hydrogens is 431 g/mol. The monoisotopic (exact) mass is 452 g/mol. The fourth-order valence-electron chi connectivity index (χ4n) is 3.15. The molecule has 0 aliphatic heterocycles. The maximum absolute atomic E-state index is 13.3. The standard InChI is InChI=1S/C24H21FN2O4S/c1-30-20-11-7-18(8-12-20)22-27-24(32(28,29)21-13-9-19(25)10-14-21)23(31-22)26-16-15-17-5-3-2-4-6-17/h2-14,26H,15-16H2,1H3. The summed E-state index contributed by atoms with van der Waals surface area (Å²) in [5, 5.41) is 2.81. The van der Waals surface area contributed by atoms with Gasteiger partial charge in [0.25, 0.3) is 0 Å². The summed E-state index contributed by atoms with van der Waals surface area (Å²) in [6, 6.07) is 21.3. The molecule has 6 nitrogen and oxygen atoms in total. The molecule has 0 aliphatic rings. The Bertz CT molecular complexity index is 1290. The lowest BCUT2D eigenvalue weighted by Gasteiger charge is -2.06. The van der Waals surface area contributed by atoms with Gasteiger partial charge in [0.2, 0.25) is 26.6 Å². The van der Waals surface area contributed by atoms with Crippen molar-refractivity contribution in [3.63, 3.8) is 0 Å². The molecule has 164 valence electrons. The van der Waals surface area contributed by atoms with Crippen molar-refractivity contribution in [3.05, 3.63) is 90.2 Å². The van der Waals surface area contributed by atoms with Gasteiger partial charge in [0.15, 0.2) is 0 Å². The first-order valence-corrected chi connectivity index (χ1v) is 11.4. The molecule has 0 amide bonds. The van der Waals surface area contributed by atoms with Crippen molar-refractivity contribution in [2.24, 2.45) is 0 Å². The number of nitrogens with zero attached hydrogens (tertiary/aromatic N) is 1. The molecular formula is C24H21FN2O4S. The highest BCUT2D eigenvalue weighted by molar-refractivity contribution is 7.91. The highest BCUT2D eigenvalue weighted by Crippen LogP contribution is 2.33. The number of methoxy groups -OCH3 is 1. The first kappa shape index (κ1) is 21.6. The van der Waals surface area contributed by atoms with Crippen molar-refractivity contribution < 1.29 is 22.0 Å². The summed E-state index contributed by atoms with van der Waals surface area (Å²) in [7, 11) is -2.48. The number of nitrogens with one attached hydrogen (secondary N) is 1. The zero-order valence-electron chi connectivity index (χ0n) is 17.3. The predicted molar refractivity (Wildman–Crippen MR) is 119 cm³/mol. The highest BCUT2D eigenvalue weighted by Gasteiger charge is 2.28.